The van der Waals surface area contributed by atoms with Gasteiger partial charge in [-0.3, -0.25) is 0 Å². The van der Waals surface area contributed by atoms with Gasteiger partial charge in [0.1, 0.15) is 19.5 Å². The molecule has 110 valence electrons. The number of methoxy groups -OCH3 is 1. The number of benzene rings is 1. The van der Waals surface area contributed by atoms with Gasteiger partial charge in [-0.25, -0.2) is 9.97 Å². The van der Waals surface area contributed by atoms with Crippen molar-refractivity contribution in [3.05, 3.63) is 41.9 Å². The molecule has 1 aromatic heterocycles. The van der Waals surface area contributed by atoms with Crippen molar-refractivity contribution in [3.8, 4) is 17.4 Å². The number of rotatable bonds is 4. The molecule has 1 aromatic carbocycles. The Morgan fingerprint density at radius 1 is 1.19 bits per heavy atom. The molecule has 1 atom stereocenters. The van der Waals surface area contributed by atoms with Crippen LogP contribution < -0.4 is 19.9 Å². The summed E-state index contributed by atoms with van der Waals surface area (Å²) in [6, 6.07) is 7.39. The van der Waals surface area contributed by atoms with Crippen molar-refractivity contribution in [1.82, 2.24) is 9.97 Å². The van der Waals surface area contributed by atoms with Crippen LogP contribution in [0.25, 0.3) is 0 Å². The molecule has 2 heterocycles. The van der Waals surface area contributed by atoms with E-state index in [1.54, 1.807) is 13.2 Å². The van der Waals surface area contributed by atoms with Gasteiger partial charge >= 0.3 is 0 Å². The highest BCUT2D eigenvalue weighted by molar-refractivity contribution is 5.44. The second-order valence-corrected chi connectivity index (χ2v) is 4.77. The number of hydrogen-bond acceptors (Lipinski definition) is 6. The van der Waals surface area contributed by atoms with Crippen molar-refractivity contribution < 1.29 is 14.2 Å². The number of nitrogens with zero attached hydrogens (tertiary/aromatic N) is 2. The highest BCUT2D eigenvalue weighted by atomic mass is 16.6. The maximum atomic E-state index is 6.25. The summed E-state index contributed by atoms with van der Waals surface area (Å²) in [6.07, 6.45) is 2.07. The highest BCUT2D eigenvalue weighted by Crippen LogP contribution is 2.32. The zero-order valence-electron chi connectivity index (χ0n) is 11.8. The van der Waals surface area contributed by atoms with E-state index < -0.39 is 0 Å². The van der Waals surface area contributed by atoms with Crippen LogP contribution in [-0.2, 0) is 6.42 Å². The van der Waals surface area contributed by atoms with E-state index in [9.17, 15) is 0 Å². The number of aromatic nitrogens is 2. The summed E-state index contributed by atoms with van der Waals surface area (Å²) in [6.45, 7) is 1.15. The third kappa shape index (κ3) is 3.05. The second-order valence-electron chi connectivity index (χ2n) is 4.77. The minimum Gasteiger partial charge on any atom is -0.486 e. The van der Waals surface area contributed by atoms with Gasteiger partial charge in [-0.05, 0) is 17.7 Å². The molecule has 2 N–H and O–H groups in total. The summed E-state index contributed by atoms with van der Waals surface area (Å²) in [5, 5.41) is 0. The van der Waals surface area contributed by atoms with Crippen LogP contribution in [-0.4, -0.2) is 30.3 Å². The Morgan fingerprint density at radius 2 is 2.00 bits per heavy atom. The van der Waals surface area contributed by atoms with Gasteiger partial charge in [-0.2, -0.15) is 0 Å². The lowest BCUT2D eigenvalue weighted by Crippen LogP contribution is -2.18. The molecule has 21 heavy (non-hydrogen) atoms. The molecule has 0 bridgehead atoms. The Kier molecular flexibility index (Phi) is 3.87. The van der Waals surface area contributed by atoms with Crippen molar-refractivity contribution >= 4 is 0 Å². The molecule has 0 fully saturated rings. The van der Waals surface area contributed by atoms with E-state index in [4.69, 9.17) is 19.9 Å². The van der Waals surface area contributed by atoms with Gasteiger partial charge in [0, 0.05) is 24.2 Å². The van der Waals surface area contributed by atoms with Crippen molar-refractivity contribution in [2.24, 2.45) is 5.73 Å². The van der Waals surface area contributed by atoms with Gasteiger partial charge in [0.2, 0.25) is 5.88 Å². The minimum absolute atomic E-state index is 0.180. The lowest BCUT2D eigenvalue weighted by Gasteiger charge is -2.20. The van der Waals surface area contributed by atoms with E-state index >= 15 is 0 Å². The van der Waals surface area contributed by atoms with Gasteiger partial charge in [-0.1, -0.05) is 6.07 Å². The van der Waals surface area contributed by atoms with Crippen LogP contribution in [0.2, 0.25) is 0 Å². The van der Waals surface area contributed by atoms with E-state index in [-0.39, 0.29) is 6.04 Å². The molecule has 6 heteroatoms. The SMILES string of the molecule is COc1cc(CC(N)c2ccc3c(c2)OCCO3)ncn1. The van der Waals surface area contributed by atoms with Crippen molar-refractivity contribution in [3.63, 3.8) is 0 Å². The van der Waals surface area contributed by atoms with Crippen LogP contribution in [0.1, 0.15) is 17.3 Å². The summed E-state index contributed by atoms with van der Waals surface area (Å²) < 4.78 is 16.2. The standard InChI is InChI=1S/C15H17N3O3/c1-19-15-8-11(17-9-18-15)7-12(16)10-2-3-13-14(6-10)21-5-4-20-13/h2-3,6,8-9,12H,4-5,7,16H2,1H3. The van der Waals surface area contributed by atoms with E-state index in [0.717, 1.165) is 22.8 Å². The summed E-state index contributed by atoms with van der Waals surface area (Å²) in [4.78, 5) is 8.20. The molecule has 0 saturated carbocycles. The first-order valence-electron chi connectivity index (χ1n) is 6.76. The molecular weight excluding hydrogens is 270 g/mol. The predicted molar refractivity (Wildman–Crippen MR) is 76.6 cm³/mol. The Balaban J connectivity index is 1.76. The van der Waals surface area contributed by atoms with Crippen LogP contribution in [0.3, 0.4) is 0 Å². The monoisotopic (exact) mass is 287 g/mol. The van der Waals surface area contributed by atoms with E-state index in [1.165, 1.54) is 6.33 Å². The molecule has 1 aliphatic rings. The molecule has 0 aliphatic carbocycles. The third-order valence-electron chi connectivity index (χ3n) is 3.33. The number of hydrogen-bond donors (Lipinski definition) is 1. The summed E-state index contributed by atoms with van der Waals surface area (Å²) in [5.74, 6) is 2.05. The van der Waals surface area contributed by atoms with E-state index in [0.29, 0.717) is 25.5 Å². The van der Waals surface area contributed by atoms with Crippen LogP contribution >= 0.6 is 0 Å². The maximum absolute atomic E-state index is 6.25. The molecule has 3 rings (SSSR count). The zero-order chi connectivity index (χ0) is 14.7. The normalized spacial score (nSPS) is 14.6. The van der Waals surface area contributed by atoms with E-state index in [1.807, 2.05) is 18.2 Å². The smallest absolute Gasteiger partial charge is 0.216 e. The lowest BCUT2D eigenvalue weighted by atomic mass is 10.0. The number of nitrogens with two attached hydrogens (primary N) is 1. The molecule has 0 spiro atoms. The fourth-order valence-corrected chi connectivity index (χ4v) is 2.23. The van der Waals surface area contributed by atoms with E-state index in [2.05, 4.69) is 9.97 Å². The Morgan fingerprint density at radius 3 is 2.81 bits per heavy atom. The van der Waals surface area contributed by atoms with Crippen molar-refractivity contribution in [1.29, 1.82) is 0 Å². The average Bonchev–Trinajstić information content (AvgIpc) is 2.54. The highest BCUT2D eigenvalue weighted by Gasteiger charge is 2.15. The zero-order valence-corrected chi connectivity index (χ0v) is 11.8. The van der Waals surface area contributed by atoms with Gasteiger partial charge in [-0.15, -0.1) is 0 Å². The van der Waals surface area contributed by atoms with Gasteiger partial charge in [0.05, 0.1) is 7.11 Å². The average molecular weight is 287 g/mol. The maximum Gasteiger partial charge on any atom is 0.216 e. The molecule has 0 radical (unpaired) electrons. The topological polar surface area (TPSA) is 79.5 Å². The number of ether oxygens (including phenoxy) is 3. The summed E-state index contributed by atoms with van der Waals surface area (Å²) >= 11 is 0. The van der Waals surface area contributed by atoms with Gasteiger partial charge in [0.25, 0.3) is 0 Å². The Bertz CT molecular complexity index is 633. The summed E-state index contributed by atoms with van der Waals surface area (Å²) in [7, 11) is 1.58. The molecule has 6 nitrogen and oxygen atoms in total. The molecule has 1 aliphatic heterocycles. The number of fused-ring (bicyclic) bond motifs is 1. The largest absolute Gasteiger partial charge is 0.486 e. The van der Waals surface area contributed by atoms with Gasteiger partial charge < -0.3 is 19.9 Å². The second kappa shape index (κ2) is 5.97. The Labute approximate surface area is 122 Å². The quantitative estimate of drug-likeness (QED) is 0.918. The first-order valence-corrected chi connectivity index (χ1v) is 6.76. The summed E-state index contributed by atoms with van der Waals surface area (Å²) in [5.41, 5.74) is 8.07. The fraction of sp³-hybridized carbons (Fsp3) is 0.333. The van der Waals surface area contributed by atoms with Crippen LogP contribution in [0.4, 0.5) is 0 Å². The van der Waals surface area contributed by atoms with Crippen LogP contribution in [0.5, 0.6) is 17.4 Å². The third-order valence-corrected chi connectivity index (χ3v) is 3.33. The van der Waals surface area contributed by atoms with Crippen molar-refractivity contribution in [2.75, 3.05) is 20.3 Å². The molecule has 1 unspecified atom stereocenters. The minimum atomic E-state index is -0.180. The Hall–Kier alpha value is -2.34. The molecule has 0 amide bonds. The van der Waals surface area contributed by atoms with Crippen LogP contribution in [0.15, 0.2) is 30.6 Å². The predicted octanol–water partition coefficient (Wildman–Crippen LogP) is 1.50. The first kappa shape index (κ1) is 13.6. The van der Waals surface area contributed by atoms with Gasteiger partial charge in [0.15, 0.2) is 11.5 Å². The molecular formula is C15H17N3O3. The van der Waals surface area contributed by atoms with Crippen molar-refractivity contribution in [2.45, 2.75) is 12.5 Å². The molecule has 0 saturated heterocycles. The lowest BCUT2D eigenvalue weighted by molar-refractivity contribution is 0.171. The first-order chi connectivity index (χ1) is 10.3. The van der Waals surface area contributed by atoms with Crippen LogP contribution in [0, 0.1) is 0 Å². The fourth-order valence-electron chi connectivity index (χ4n) is 2.23. The molecule has 2 aromatic rings.